The van der Waals surface area contributed by atoms with Gasteiger partial charge >= 0.3 is 5.91 Å². The molecule has 0 spiro atoms. The number of piperidine rings is 1. The summed E-state index contributed by atoms with van der Waals surface area (Å²) in [6.07, 6.45) is 5.16. The van der Waals surface area contributed by atoms with Gasteiger partial charge < -0.3 is 14.8 Å². The normalized spacial score (nSPS) is 24.9. The first-order valence-electron chi connectivity index (χ1n) is 12.4. The minimum Gasteiger partial charge on any atom is -0.530 e. The third-order valence-corrected chi connectivity index (χ3v) is 7.91. The summed E-state index contributed by atoms with van der Waals surface area (Å²) in [5.74, 6) is 0.0386. The molecule has 1 aromatic carbocycles. The Kier molecular flexibility index (Phi) is 7.05. The zero-order valence-electron chi connectivity index (χ0n) is 20.8. The Morgan fingerprint density at radius 2 is 1.91 bits per heavy atom. The van der Waals surface area contributed by atoms with Gasteiger partial charge in [-0.2, -0.15) is 0 Å². The van der Waals surface area contributed by atoms with E-state index in [1.165, 1.54) is 29.7 Å². The zero-order valence-corrected chi connectivity index (χ0v) is 20.8. The monoisotopic (exact) mass is 464 g/mol. The number of hydrogen-bond donors (Lipinski definition) is 0. The number of benzene rings is 1. The van der Waals surface area contributed by atoms with Crippen LogP contribution in [0, 0.1) is 0 Å². The van der Waals surface area contributed by atoms with Gasteiger partial charge in [0.25, 0.3) is 0 Å². The summed E-state index contributed by atoms with van der Waals surface area (Å²) in [7, 11) is 1.92. The van der Waals surface area contributed by atoms with Crippen molar-refractivity contribution in [3.8, 4) is 11.3 Å². The van der Waals surface area contributed by atoms with Gasteiger partial charge in [0.15, 0.2) is 0 Å². The van der Waals surface area contributed by atoms with Gasteiger partial charge in [-0.25, -0.2) is 9.28 Å². The standard InChI is InChI=1S/C27H36N4O3/c1-5-30(27(33)34)25-15-19(2)31(4,20(3)32)26-12-10-22(16-23(25)26)24-11-9-21(17-28-24)18-29-13-7-6-8-14-29/h9-12,16-17,19,25H,5-8,13-15,18H2,1-4H3/t19-,25?,31+/m0/s1. The maximum Gasteiger partial charge on any atom is 0.315 e. The van der Waals surface area contributed by atoms with Crippen molar-refractivity contribution >= 4 is 17.7 Å². The van der Waals surface area contributed by atoms with Gasteiger partial charge in [0.2, 0.25) is 0 Å². The van der Waals surface area contributed by atoms with Crippen molar-refractivity contribution in [3.05, 3.63) is 47.7 Å². The number of amides is 2. The second-order valence-corrected chi connectivity index (χ2v) is 9.91. The van der Waals surface area contributed by atoms with Gasteiger partial charge in [-0.15, -0.1) is 0 Å². The van der Waals surface area contributed by atoms with E-state index in [2.05, 4.69) is 11.0 Å². The van der Waals surface area contributed by atoms with Crippen molar-refractivity contribution in [2.24, 2.45) is 0 Å². The molecule has 3 heterocycles. The number of carbonyl (C=O) groups excluding carboxylic acids is 2. The van der Waals surface area contributed by atoms with Gasteiger partial charge in [0.1, 0.15) is 11.8 Å². The Morgan fingerprint density at radius 1 is 1.18 bits per heavy atom. The first-order valence-corrected chi connectivity index (χ1v) is 12.4. The van der Waals surface area contributed by atoms with Crippen LogP contribution in [-0.4, -0.2) is 59.5 Å². The number of carboxylic acid groups (broad SMARTS) is 1. The Hall–Kier alpha value is -2.77. The molecule has 1 saturated heterocycles. The van der Waals surface area contributed by atoms with Crippen molar-refractivity contribution < 1.29 is 14.7 Å². The van der Waals surface area contributed by atoms with Gasteiger partial charge in [-0.05, 0) is 63.5 Å². The molecule has 7 heteroatoms. The number of aromatic nitrogens is 1. The van der Waals surface area contributed by atoms with Gasteiger partial charge in [-0.1, -0.05) is 12.5 Å². The van der Waals surface area contributed by atoms with Crippen LogP contribution in [0.1, 0.15) is 63.6 Å². The lowest BCUT2D eigenvalue weighted by atomic mass is 9.87. The largest absolute Gasteiger partial charge is 0.530 e. The molecule has 0 aliphatic carbocycles. The smallest absolute Gasteiger partial charge is 0.315 e. The fourth-order valence-electron chi connectivity index (χ4n) is 5.62. The van der Waals surface area contributed by atoms with Crippen LogP contribution in [-0.2, 0) is 11.3 Å². The predicted molar refractivity (Wildman–Crippen MR) is 132 cm³/mol. The molecule has 1 fully saturated rings. The average Bonchev–Trinajstić information content (AvgIpc) is 2.83. The molecule has 3 atom stereocenters. The Bertz CT molecular complexity index is 1050. The van der Waals surface area contributed by atoms with Crippen LogP contribution in [0.5, 0.6) is 0 Å². The highest BCUT2D eigenvalue weighted by molar-refractivity contribution is 5.89. The summed E-state index contributed by atoms with van der Waals surface area (Å²) < 4.78 is 0.152. The molecule has 182 valence electrons. The summed E-state index contributed by atoms with van der Waals surface area (Å²) in [6, 6.07) is 9.74. The topological polar surface area (TPSA) is 76.6 Å². The quantitative estimate of drug-likeness (QED) is 0.631. The number of hydrogen-bond acceptors (Lipinski definition) is 5. The molecule has 34 heavy (non-hydrogen) atoms. The summed E-state index contributed by atoms with van der Waals surface area (Å²) in [6.45, 7) is 8.97. The molecule has 4 rings (SSSR count). The number of rotatable bonds is 5. The lowest BCUT2D eigenvalue weighted by Crippen LogP contribution is -2.60. The number of likely N-dealkylation sites (tertiary alicyclic amines) is 1. The molecule has 2 aromatic rings. The van der Waals surface area contributed by atoms with Crippen LogP contribution in [0.15, 0.2) is 36.5 Å². The highest BCUT2D eigenvalue weighted by atomic mass is 16.4. The van der Waals surface area contributed by atoms with Gasteiger partial charge in [0, 0.05) is 42.9 Å². The van der Waals surface area contributed by atoms with E-state index in [-0.39, 0.29) is 22.5 Å². The molecule has 2 amide bonds. The van der Waals surface area contributed by atoms with Crippen LogP contribution in [0.25, 0.3) is 11.3 Å². The van der Waals surface area contributed by atoms with Crippen molar-refractivity contribution in [2.45, 2.75) is 65.1 Å². The van der Waals surface area contributed by atoms with E-state index in [0.717, 1.165) is 42.1 Å². The van der Waals surface area contributed by atoms with E-state index >= 15 is 0 Å². The Morgan fingerprint density at radius 3 is 2.50 bits per heavy atom. The number of quaternary nitrogens is 1. The van der Waals surface area contributed by atoms with Crippen molar-refractivity contribution in [1.29, 1.82) is 0 Å². The molecule has 1 aromatic heterocycles. The third-order valence-electron chi connectivity index (χ3n) is 7.91. The molecular weight excluding hydrogens is 428 g/mol. The molecule has 2 aliphatic rings. The predicted octanol–water partition coefficient (Wildman–Crippen LogP) is 3.72. The first-order chi connectivity index (χ1) is 16.3. The molecule has 0 saturated carbocycles. The molecule has 0 bridgehead atoms. The maximum atomic E-state index is 12.7. The number of carbonyl (C=O) groups is 2. The molecule has 0 radical (unpaired) electrons. The van der Waals surface area contributed by atoms with E-state index in [4.69, 9.17) is 4.98 Å². The summed E-state index contributed by atoms with van der Waals surface area (Å²) in [5.41, 5.74) is 4.67. The van der Waals surface area contributed by atoms with E-state index in [1.54, 1.807) is 6.92 Å². The van der Waals surface area contributed by atoms with Crippen molar-refractivity contribution in [3.63, 3.8) is 0 Å². The van der Waals surface area contributed by atoms with Gasteiger partial charge in [0.05, 0.1) is 31.7 Å². The third kappa shape index (κ3) is 4.46. The zero-order chi connectivity index (χ0) is 24.5. The highest BCUT2D eigenvalue weighted by Gasteiger charge is 2.47. The van der Waals surface area contributed by atoms with Crippen molar-refractivity contribution in [2.75, 3.05) is 26.7 Å². The summed E-state index contributed by atoms with van der Waals surface area (Å²) in [5, 5.41) is 11.9. The second-order valence-electron chi connectivity index (χ2n) is 9.91. The average molecular weight is 465 g/mol. The highest BCUT2D eigenvalue weighted by Crippen LogP contribution is 2.45. The van der Waals surface area contributed by atoms with E-state index in [0.29, 0.717) is 13.0 Å². The fourth-order valence-corrected chi connectivity index (χ4v) is 5.62. The minimum absolute atomic E-state index is 0.0386. The second kappa shape index (κ2) is 9.84. The maximum absolute atomic E-state index is 12.7. The van der Waals surface area contributed by atoms with E-state index in [1.807, 2.05) is 51.4 Å². The van der Waals surface area contributed by atoms with Crippen LogP contribution < -0.4 is 9.59 Å². The number of fused-ring (bicyclic) bond motifs is 1. The van der Waals surface area contributed by atoms with Crippen LogP contribution in [0.2, 0.25) is 0 Å². The molecule has 2 aliphatic heterocycles. The molecule has 1 unspecified atom stereocenters. The number of nitrogens with zero attached hydrogens (tertiary/aromatic N) is 4. The fraction of sp³-hybridized carbons (Fsp3) is 0.519. The summed E-state index contributed by atoms with van der Waals surface area (Å²) in [4.78, 5) is 33.3. The van der Waals surface area contributed by atoms with Gasteiger partial charge in [-0.3, -0.25) is 9.88 Å². The lowest BCUT2D eigenvalue weighted by Gasteiger charge is -2.46. The Labute approximate surface area is 202 Å². The number of pyridine rings is 1. The lowest BCUT2D eigenvalue weighted by molar-refractivity contribution is -0.268. The summed E-state index contributed by atoms with van der Waals surface area (Å²) >= 11 is 0. The SMILES string of the molecule is CCN(C(=O)[O-])C1C[C@H](C)[N@+](C)(C(C)=O)c2ccc(-c3ccc(CN4CCCCC4)cn3)cc21. The van der Waals surface area contributed by atoms with E-state index < -0.39 is 6.09 Å². The van der Waals surface area contributed by atoms with Crippen LogP contribution in [0.3, 0.4) is 0 Å². The molecule has 7 nitrogen and oxygen atoms in total. The first kappa shape index (κ1) is 24.4. The van der Waals surface area contributed by atoms with E-state index in [9.17, 15) is 14.7 Å². The van der Waals surface area contributed by atoms with Crippen LogP contribution >= 0.6 is 0 Å². The molecular formula is C27H36N4O3. The van der Waals surface area contributed by atoms with Crippen molar-refractivity contribution in [1.82, 2.24) is 19.3 Å². The molecule has 0 N–H and O–H groups in total. The van der Waals surface area contributed by atoms with Crippen LogP contribution in [0.4, 0.5) is 10.5 Å². The minimum atomic E-state index is -1.19. The Balaban J connectivity index is 1.69.